The van der Waals surface area contributed by atoms with Gasteiger partial charge in [-0.1, -0.05) is 38.1 Å². The highest BCUT2D eigenvalue weighted by atomic mass is 16.5. The van der Waals surface area contributed by atoms with Crippen molar-refractivity contribution in [1.29, 1.82) is 0 Å². The largest absolute Gasteiger partial charge is 0.462 e. The number of aryl methyl sites for hydroxylation is 1. The fraction of sp³-hybridized carbons (Fsp3) is 0.458. The Morgan fingerprint density at radius 3 is 2.23 bits per heavy atom. The Morgan fingerprint density at radius 2 is 1.65 bits per heavy atom. The molecular weight excluding hydrogens is 396 g/mol. The Kier molecular flexibility index (Phi) is 8.42. The molecule has 2 rings (SSSR count). The number of ether oxygens (including phenoxy) is 2. The van der Waals surface area contributed by atoms with Crippen LogP contribution in [0.5, 0.6) is 0 Å². The number of aromatic amines is 1. The topological polar surface area (TPSA) is 97.5 Å². The van der Waals surface area contributed by atoms with Crippen molar-refractivity contribution in [1.82, 2.24) is 10.3 Å². The van der Waals surface area contributed by atoms with E-state index in [1.807, 2.05) is 19.1 Å². The molecule has 0 saturated carbocycles. The third-order valence-electron chi connectivity index (χ3n) is 4.96. The fourth-order valence-electron chi connectivity index (χ4n) is 3.45. The molecule has 0 bridgehead atoms. The summed E-state index contributed by atoms with van der Waals surface area (Å²) >= 11 is 0. The molecule has 0 fully saturated rings. The maximum atomic E-state index is 12.4. The van der Waals surface area contributed by atoms with Crippen LogP contribution in [0, 0.1) is 19.8 Å². The molecule has 1 aromatic heterocycles. The van der Waals surface area contributed by atoms with Crippen LogP contribution in [0.25, 0.3) is 0 Å². The number of hydrogen-bond donors (Lipinski definition) is 2. The van der Waals surface area contributed by atoms with Gasteiger partial charge in [0.05, 0.1) is 18.2 Å². The second-order valence-corrected chi connectivity index (χ2v) is 8.05. The lowest BCUT2D eigenvalue weighted by atomic mass is 10.00. The van der Waals surface area contributed by atoms with Crippen LogP contribution in [0.1, 0.15) is 77.0 Å². The van der Waals surface area contributed by atoms with Gasteiger partial charge in [0.2, 0.25) is 0 Å². The Morgan fingerprint density at radius 1 is 1.00 bits per heavy atom. The molecule has 1 heterocycles. The molecule has 1 atom stereocenters. The van der Waals surface area contributed by atoms with Gasteiger partial charge in [0.15, 0.2) is 6.61 Å². The molecule has 31 heavy (non-hydrogen) atoms. The number of H-pyrrole nitrogens is 1. The molecule has 7 nitrogen and oxygen atoms in total. The SMILES string of the molecule is CCOC(=O)c1c(C)[nH]c(C(=O)OCC(=O)N[C@H](C)c2ccc(CC(C)C)cc2)c1C. The number of rotatable bonds is 9. The van der Waals surface area contributed by atoms with Crippen molar-refractivity contribution in [2.24, 2.45) is 5.92 Å². The molecule has 0 aliphatic carbocycles. The van der Waals surface area contributed by atoms with E-state index in [0.717, 1.165) is 12.0 Å². The molecule has 0 aliphatic heterocycles. The van der Waals surface area contributed by atoms with Gasteiger partial charge in [0.1, 0.15) is 5.69 Å². The molecule has 7 heteroatoms. The lowest BCUT2D eigenvalue weighted by molar-refractivity contribution is -0.124. The highest BCUT2D eigenvalue weighted by molar-refractivity contribution is 5.99. The first kappa shape index (κ1) is 24.2. The quantitative estimate of drug-likeness (QED) is 0.588. The van der Waals surface area contributed by atoms with Gasteiger partial charge in [-0.25, -0.2) is 9.59 Å². The van der Waals surface area contributed by atoms with Crippen LogP contribution >= 0.6 is 0 Å². The van der Waals surface area contributed by atoms with Gasteiger partial charge in [-0.2, -0.15) is 0 Å². The summed E-state index contributed by atoms with van der Waals surface area (Å²) in [6.45, 7) is 11.1. The number of carbonyl (C=O) groups is 3. The molecule has 0 aliphatic rings. The van der Waals surface area contributed by atoms with Gasteiger partial charge < -0.3 is 19.8 Å². The summed E-state index contributed by atoms with van der Waals surface area (Å²) in [5.74, 6) is -1.02. The lowest BCUT2D eigenvalue weighted by Gasteiger charge is -2.15. The average Bonchev–Trinajstić information content (AvgIpc) is 3.00. The van der Waals surface area contributed by atoms with E-state index < -0.39 is 24.5 Å². The number of carbonyl (C=O) groups excluding carboxylic acids is 3. The predicted octanol–water partition coefficient (Wildman–Crippen LogP) is 4.04. The van der Waals surface area contributed by atoms with E-state index in [-0.39, 0.29) is 18.3 Å². The highest BCUT2D eigenvalue weighted by Crippen LogP contribution is 2.20. The zero-order valence-corrected chi connectivity index (χ0v) is 19.1. The summed E-state index contributed by atoms with van der Waals surface area (Å²) in [6.07, 6.45) is 1.01. The fourth-order valence-corrected chi connectivity index (χ4v) is 3.45. The predicted molar refractivity (Wildman–Crippen MR) is 118 cm³/mol. The van der Waals surface area contributed by atoms with Crippen LogP contribution in [0.3, 0.4) is 0 Å². The van der Waals surface area contributed by atoms with Crippen molar-refractivity contribution in [2.75, 3.05) is 13.2 Å². The summed E-state index contributed by atoms with van der Waals surface area (Å²) in [6, 6.07) is 7.90. The molecule has 0 radical (unpaired) electrons. The van der Waals surface area contributed by atoms with Crippen molar-refractivity contribution in [3.05, 3.63) is 57.9 Å². The molecule has 2 N–H and O–H groups in total. The molecule has 1 amide bonds. The van der Waals surface area contributed by atoms with Crippen molar-refractivity contribution in [3.8, 4) is 0 Å². The number of benzene rings is 1. The van der Waals surface area contributed by atoms with E-state index in [2.05, 4.69) is 36.3 Å². The third kappa shape index (κ3) is 6.44. The standard InChI is InChI=1S/C24H32N2O5/c1-7-30-23(28)21-15(4)22(26-17(21)6)24(29)31-13-20(27)25-16(5)19-10-8-18(9-11-19)12-14(2)3/h8-11,14,16,26H,7,12-13H2,1-6H3,(H,25,27)/t16-/m1/s1. The van der Waals surface area contributed by atoms with Crippen LogP contribution < -0.4 is 5.32 Å². The van der Waals surface area contributed by atoms with E-state index in [4.69, 9.17) is 9.47 Å². The number of nitrogens with one attached hydrogen (secondary N) is 2. The van der Waals surface area contributed by atoms with Gasteiger partial charge in [-0.15, -0.1) is 0 Å². The van der Waals surface area contributed by atoms with Crippen LogP contribution in [-0.4, -0.2) is 36.0 Å². The Labute approximate surface area is 183 Å². The minimum Gasteiger partial charge on any atom is -0.462 e. The Bertz CT molecular complexity index is 928. The normalized spacial score (nSPS) is 11.8. The molecule has 0 spiro atoms. The molecule has 2 aromatic rings. The molecule has 0 saturated heterocycles. The number of aromatic nitrogens is 1. The van der Waals surface area contributed by atoms with E-state index in [1.54, 1.807) is 20.8 Å². The second-order valence-electron chi connectivity index (χ2n) is 8.05. The molecule has 0 unspecified atom stereocenters. The summed E-state index contributed by atoms with van der Waals surface area (Å²) in [5.41, 5.74) is 3.64. The molecule has 1 aromatic carbocycles. The van der Waals surface area contributed by atoms with Gasteiger partial charge in [-0.3, -0.25) is 4.79 Å². The van der Waals surface area contributed by atoms with Crippen LogP contribution in [0.15, 0.2) is 24.3 Å². The van der Waals surface area contributed by atoms with Crippen LogP contribution in [0.2, 0.25) is 0 Å². The van der Waals surface area contributed by atoms with Crippen molar-refractivity contribution in [2.45, 2.75) is 54.0 Å². The van der Waals surface area contributed by atoms with E-state index >= 15 is 0 Å². The average molecular weight is 429 g/mol. The maximum Gasteiger partial charge on any atom is 0.355 e. The summed E-state index contributed by atoms with van der Waals surface area (Å²) < 4.78 is 10.2. The molecule has 168 valence electrons. The monoisotopic (exact) mass is 428 g/mol. The van der Waals surface area contributed by atoms with Crippen molar-refractivity contribution in [3.63, 3.8) is 0 Å². The number of hydrogen-bond acceptors (Lipinski definition) is 5. The zero-order chi connectivity index (χ0) is 23.1. The van der Waals surface area contributed by atoms with Crippen molar-refractivity contribution < 1.29 is 23.9 Å². The lowest BCUT2D eigenvalue weighted by Crippen LogP contribution is -2.31. The first-order valence-electron chi connectivity index (χ1n) is 10.6. The summed E-state index contributed by atoms with van der Waals surface area (Å²) in [5, 5.41) is 2.83. The van der Waals surface area contributed by atoms with Gasteiger partial charge in [0.25, 0.3) is 5.91 Å². The third-order valence-corrected chi connectivity index (χ3v) is 4.96. The maximum absolute atomic E-state index is 12.4. The number of esters is 2. The molecular formula is C24H32N2O5. The van der Waals surface area contributed by atoms with Crippen LogP contribution in [-0.2, 0) is 20.7 Å². The van der Waals surface area contributed by atoms with E-state index in [1.165, 1.54) is 5.56 Å². The zero-order valence-electron chi connectivity index (χ0n) is 19.1. The minimum absolute atomic E-state index is 0.141. The Balaban J connectivity index is 1.93. The highest BCUT2D eigenvalue weighted by Gasteiger charge is 2.24. The number of amides is 1. The summed E-state index contributed by atoms with van der Waals surface area (Å²) in [7, 11) is 0. The first-order valence-corrected chi connectivity index (χ1v) is 10.6. The second kappa shape index (κ2) is 10.8. The van der Waals surface area contributed by atoms with Gasteiger partial charge in [0, 0.05) is 5.69 Å². The van der Waals surface area contributed by atoms with E-state index in [0.29, 0.717) is 22.7 Å². The van der Waals surface area contributed by atoms with Crippen LogP contribution in [0.4, 0.5) is 0 Å². The van der Waals surface area contributed by atoms with Gasteiger partial charge in [-0.05, 0) is 56.7 Å². The first-order chi connectivity index (χ1) is 14.6. The summed E-state index contributed by atoms with van der Waals surface area (Å²) in [4.78, 5) is 39.6. The van der Waals surface area contributed by atoms with Crippen molar-refractivity contribution >= 4 is 17.8 Å². The van der Waals surface area contributed by atoms with E-state index in [9.17, 15) is 14.4 Å². The Hall–Kier alpha value is -3.09. The smallest absolute Gasteiger partial charge is 0.355 e. The van der Waals surface area contributed by atoms with Gasteiger partial charge >= 0.3 is 11.9 Å². The minimum atomic E-state index is -0.697.